The summed E-state index contributed by atoms with van der Waals surface area (Å²) >= 11 is 0. The maximum Gasteiger partial charge on any atom is 0.171 e. The highest BCUT2D eigenvalue weighted by atomic mass is 16.3. The molecule has 2 aromatic carbocycles. The number of aromatic nitrogens is 1. The maximum atomic E-state index is 10.0. The number of hydrogen-bond acceptors (Lipinski definition) is 2. The van der Waals surface area contributed by atoms with Crippen LogP contribution in [0.1, 0.15) is 69.7 Å². The fourth-order valence-electron chi connectivity index (χ4n) is 2.87. The molecule has 1 aromatic heterocycles. The molecule has 0 atom stereocenters. The molecule has 0 unspecified atom stereocenters. The number of carbonyl (C=O) groups excluding carboxylic acids is 1. The Morgan fingerprint density at radius 3 is 1.76 bits per heavy atom. The van der Waals surface area contributed by atoms with Gasteiger partial charge < -0.3 is 9.90 Å². The first kappa shape index (κ1) is 30.1. The van der Waals surface area contributed by atoms with Crippen LogP contribution in [-0.2, 0) is 31.1 Å². The van der Waals surface area contributed by atoms with Crippen LogP contribution in [0.2, 0.25) is 0 Å². The van der Waals surface area contributed by atoms with Gasteiger partial charge in [-0.2, -0.15) is 0 Å². The first-order valence-corrected chi connectivity index (χ1v) is 12.0. The van der Waals surface area contributed by atoms with E-state index in [2.05, 4.69) is 74.9 Å². The Kier molecular flexibility index (Phi) is 17.0. The number of rotatable bonds is 5. The quantitative estimate of drug-likeness (QED) is 0.427. The van der Waals surface area contributed by atoms with E-state index in [0.29, 0.717) is 5.75 Å². The molecular weight excluding hydrogens is 406 g/mol. The number of Topliss-reactive ketones (excluding diaryl/α,β-unsaturated/α-hetero) is 1. The molecular formula is C30H44NO2+. The van der Waals surface area contributed by atoms with Crippen molar-refractivity contribution in [3.05, 3.63) is 95.3 Å². The van der Waals surface area contributed by atoms with Crippen molar-refractivity contribution in [3.63, 3.8) is 0 Å². The second-order valence-electron chi connectivity index (χ2n) is 8.05. The number of aryl methyl sites for hydroxylation is 5. The summed E-state index contributed by atoms with van der Waals surface area (Å²) in [6.07, 6.45) is 9.19. The number of hydrogen-bond donors (Lipinski definition) is 1. The van der Waals surface area contributed by atoms with Gasteiger partial charge in [-0.1, -0.05) is 69.7 Å². The van der Waals surface area contributed by atoms with E-state index in [1.807, 2.05) is 32.3 Å². The van der Waals surface area contributed by atoms with Gasteiger partial charge in [-0.25, -0.2) is 4.57 Å². The van der Waals surface area contributed by atoms with Crippen molar-refractivity contribution in [2.45, 2.75) is 73.6 Å². The zero-order chi connectivity index (χ0) is 25.1. The van der Waals surface area contributed by atoms with Crippen LogP contribution < -0.4 is 4.57 Å². The van der Waals surface area contributed by atoms with E-state index >= 15 is 0 Å². The molecule has 0 fully saturated rings. The standard InChI is InChI=1S/C9H12.C8H12N.C8H10O.C5H10O/c1-3-9-6-4-5-8(2)7-9;1-3-8-5-4-6-9(2)7-8;1-2-7-3-5-8(9)6-4-7;1-3-4-5(2)6/h2*4-7H,3H2,1-2H3;3-6,9H,2H2,1H3;3-4H2,1-2H3/q;+1;;. The Morgan fingerprint density at radius 2 is 1.39 bits per heavy atom. The predicted octanol–water partition coefficient (Wildman–Crippen LogP) is 6.96. The van der Waals surface area contributed by atoms with Crippen LogP contribution in [0.3, 0.4) is 0 Å². The molecule has 0 aliphatic carbocycles. The van der Waals surface area contributed by atoms with Crippen molar-refractivity contribution < 1.29 is 14.5 Å². The summed E-state index contributed by atoms with van der Waals surface area (Å²) in [6, 6.07) is 20.1. The van der Waals surface area contributed by atoms with E-state index in [1.165, 1.54) is 22.3 Å². The number of phenols is 1. The molecule has 0 spiro atoms. The topological polar surface area (TPSA) is 41.2 Å². The predicted molar refractivity (Wildman–Crippen MR) is 141 cm³/mol. The molecule has 0 amide bonds. The molecule has 3 heteroatoms. The Balaban J connectivity index is 0.000000419. The number of benzene rings is 2. The van der Waals surface area contributed by atoms with Crippen LogP contribution >= 0.6 is 0 Å². The van der Waals surface area contributed by atoms with E-state index in [1.54, 1.807) is 19.1 Å². The molecule has 1 N–H and O–H groups in total. The molecule has 0 aliphatic rings. The largest absolute Gasteiger partial charge is 0.508 e. The van der Waals surface area contributed by atoms with Crippen molar-refractivity contribution in [2.24, 2.45) is 7.05 Å². The molecule has 3 nitrogen and oxygen atoms in total. The lowest BCUT2D eigenvalue weighted by atomic mass is 10.1. The zero-order valence-corrected chi connectivity index (χ0v) is 21.8. The van der Waals surface area contributed by atoms with Gasteiger partial charge in [0.05, 0.1) is 0 Å². The normalized spacial score (nSPS) is 9.30. The third-order valence-electron chi connectivity index (χ3n) is 4.85. The fourth-order valence-corrected chi connectivity index (χ4v) is 2.87. The first-order chi connectivity index (χ1) is 15.7. The zero-order valence-electron chi connectivity index (χ0n) is 21.8. The van der Waals surface area contributed by atoms with Crippen LogP contribution in [0.25, 0.3) is 0 Å². The van der Waals surface area contributed by atoms with Crippen molar-refractivity contribution in [1.29, 1.82) is 0 Å². The molecule has 3 aromatic rings. The third-order valence-corrected chi connectivity index (χ3v) is 4.85. The summed E-state index contributed by atoms with van der Waals surface area (Å²) in [4.78, 5) is 10.0. The van der Waals surface area contributed by atoms with E-state index in [-0.39, 0.29) is 5.78 Å². The molecule has 0 saturated heterocycles. The minimum atomic E-state index is 0.289. The van der Waals surface area contributed by atoms with Crippen molar-refractivity contribution in [2.75, 3.05) is 0 Å². The highest BCUT2D eigenvalue weighted by Gasteiger charge is 1.92. The average molecular weight is 451 g/mol. The average Bonchev–Trinajstić information content (AvgIpc) is 2.81. The van der Waals surface area contributed by atoms with Crippen molar-refractivity contribution >= 4 is 5.78 Å². The Hall–Kier alpha value is -2.94. The number of aromatic hydroxyl groups is 1. The van der Waals surface area contributed by atoms with Gasteiger partial charge in [-0.15, -0.1) is 0 Å². The van der Waals surface area contributed by atoms with Crippen molar-refractivity contribution in [3.8, 4) is 5.75 Å². The minimum absolute atomic E-state index is 0.289. The van der Waals surface area contributed by atoms with E-state index in [0.717, 1.165) is 32.1 Å². The van der Waals surface area contributed by atoms with Gasteiger partial charge in [-0.05, 0) is 68.9 Å². The highest BCUT2D eigenvalue weighted by molar-refractivity contribution is 5.75. The molecule has 0 radical (unpaired) electrons. The van der Waals surface area contributed by atoms with Crippen molar-refractivity contribution in [1.82, 2.24) is 0 Å². The van der Waals surface area contributed by atoms with Crippen LogP contribution in [-0.4, -0.2) is 10.9 Å². The summed E-state index contributed by atoms with van der Waals surface area (Å²) in [5, 5.41) is 8.85. The van der Waals surface area contributed by atoms with Crippen LogP contribution in [0, 0.1) is 6.92 Å². The van der Waals surface area contributed by atoms with Gasteiger partial charge in [0.2, 0.25) is 0 Å². The Labute approximate surface area is 202 Å². The first-order valence-electron chi connectivity index (χ1n) is 12.0. The van der Waals surface area contributed by atoms with E-state index in [9.17, 15) is 4.79 Å². The number of phenolic OH excluding ortho intramolecular Hbond substituents is 1. The second-order valence-corrected chi connectivity index (χ2v) is 8.05. The highest BCUT2D eigenvalue weighted by Crippen LogP contribution is 2.09. The molecule has 3 rings (SSSR count). The molecule has 0 aliphatic heterocycles. The van der Waals surface area contributed by atoms with Gasteiger partial charge in [-0.3, -0.25) is 0 Å². The van der Waals surface area contributed by atoms with Crippen LogP contribution in [0.4, 0.5) is 0 Å². The van der Waals surface area contributed by atoms with Gasteiger partial charge in [0.1, 0.15) is 18.6 Å². The number of carbonyl (C=O) groups is 1. The molecule has 1 heterocycles. The summed E-state index contributed by atoms with van der Waals surface area (Å²) in [5.41, 5.74) is 5.43. The summed E-state index contributed by atoms with van der Waals surface area (Å²) in [6.45, 7) is 12.2. The van der Waals surface area contributed by atoms with Crippen LogP contribution in [0.5, 0.6) is 5.75 Å². The smallest absolute Gasteiger partial charge is 0.171 e. The van der Waals surface area contributed by atoms with Crippen LogP contribution in [0.15, 0.2) is 73.1 Å². The monoisotopic (exact) mass is 450 g/mol. The van der Waals surface area contributed by atoms with Gasteiger partial charge in [0, 0.05) is 18.1 Å². The SMILES string of the molecule is CCCC(C)=O.CCc1ccc(O)cc1.CCc1ccc[n+](C)c1.CCc1cccc(C)c1. The number of ketones is 1. The lowest BCUT2D eigenvalue weighted by Gasteiger charge is -1.95. The lowest BCUT2D eigenvalue weighted by molar-refractivity contribution is -0.671. The van der Waals surface area contributed by atoms with Gasteiger partial charge in [0.15, 0.2) is 12.4 Å². The molecule has 33 heavy (non-hydrogen) atoms. The summed E-state index contributed by atoms with van der Waals surface area (Å²) in [7, 11) is 2.04. The fraction of sp³-hybridized carbons (Fsp3) is 0.400. The summed E-state index contributed by atoms with van der Waals surface area (Å²) < 4.78 is 2.07. The molecule has 0 bridgehead atoms. The molecule has 0 saturated carbocycles. The van der Waals surface area contributed by atoms with E-state index in [4.69, 9.17) is 5.11 Å². The second kappa shape index (κ2) is 18.6. The maximum absolute atomic E-state index is 10.0. The summed E-state index contributed by atoms with van der Waals surface area (Å²) in [5.74, 6) is 0.629. The minimum Gasteiger partial charge on any atom is -0.508 e. The number of pyridine rings is 1. The third kappa shape index (κ3) is 16.4. The lowest BCUT2D eigenvalue weighted by Crippen LogP contribution is -2.26. The Morgan fingerprint density at radius 1 is 0.818 bits per heavy atom. The van der Waals surface area contributed by atoms with Gasteiger partial charge in [0.25, 0.3) is 0 Å². The number of nitrogens with zero attached hydrogens (tertiary/aromatic N) is 1. The Bertz CT molecular complexity index is 856. The van der Waals surface area contributed by atoms with Gasteiger partial charge >= 0.3 is 0 Å². The van der Waals surface area contributed by atoms with E-state index < -0.39 is 0 Å². The molecule has 180 valence electrons.